The lowest BCUT2D eigenvalue weighted by Gasteiger charge is -2.36. The van der Waals surface area contributed by atoms with Gasteiger partial charge in [-0.2, -0.15) is 0 Å². The van der Waals surface area contributed by atoms with Crippen LogP contribution in [-0.4, -0.2) is 25.3 Å². The highest BCUT2D eigenvalue weighted by Gasteiger charge is 2.30. The average molecular weight is 225 g/mol. The molecule has 1 atom stereocenters. The first-order valence-corrected chi connectivity index (χ1v) is 6.65. The Hall–Kier alpha value is -0.340. The Morgan fingerprint density at radius 1 is 1.38 bits per heavy atom. The number of hydrogen-bond donors (Lipinski definition) is 1. The number of hydrogen-bond acceptors (Lipinski definition) is 2. The Morgan fingerprint density at radius 3 is 2.56 bits per heavy atom. The van der Waals surface area contributed by atoms with Gasteiger partial charge in [-0.3, -0.25) is 0 Å². The van der Waals surface area contributed by atoms with Crippen molar-refractivity contribution in [3.63, 3.8) is 0 Å². The van der Waals surface area contributed by atoms with Crippen LogP contribution < -0.4 is 5.32 Å². The van der Waals surface area contributed by atoms with Crippen LogP contribution in [0.25, 0.3) is 0 Å². The van der Waals surface area contributed by atoms with Crippen LogP contribution in [0.15, 0.2) is 11.6 Å². The lowest BCUT2D eigenvalue weighted by Crippen LogP contribution is -2.37. The van der Waals surface area contributed by atoms with Gasteiger partial charge in [-0.1, -0.05) is 18.6 Å². The van der Waals surface area contributed by atoms with Gasteiger partial charge in [-0.05, 0) is 52.5 Å². The summed E-state index contributed by atoms with van der Waals surface area (Å²) in [6.07, 6.45) is 6.68. The van der Waals surface area contributed by atoms with Crippen molar-refractivity contribution in [2.45, 2.75) is 59.1 Å². The molecule has 1 N–H and O–H groups in total. The first kappa shape index (κ1) is 13.7. The normalized spacial score (nSPS) is 26.0. The van der Waals surface area contributed by atoms with E-state index in [-0.39, 0.29) is 0 Å². The quantitative estimate of drug-likeness (QED) is 0.672. The molecule has 1 saturated carbocycles. The summed E-state index contributed by atoms with van der Waals surface area (Å²) in [6.45, 7) is 10.5. The van der Waals surface area contributed by atoms with Crippen LogP contribution in [-0.2, 0) is 4.74 Å². The van der Waals surface area contributed by atoms with E-state index in [1.165, 1.54) is 24.8 Å². The summed E-state index contributed by atoms with van der Waals surface area (Å²) >= 11 is 0. The Kier molecular flexibility index (Phi) is 6.07. The molecule has 0 radical (unpaired) electrons. The van der Waals surface area contributed by atoms with E-state index in [1.807, 2.05) is 0 Å². The Balaban J connectivity index is 2.26. The predicted molar refractivity (Wildman–Crippen MR) is 69.7 cm³/mol. The highest BCUT2D eigenvalue weighted by atomic mass is 16.5. The number of likely N-dealkylation sites (N-methyl/N-ethyl adjacent to an activating group) is 1. The van der Waals surface area contributed by atoms with E-state index >= 15 is 0 Å². The summed E-state index contributed by atoms with van der Waals surface area (Å²) in [7, 11) is 0. The third-order valence-corrected chi connectivity index (χ3v) is 3.18. The Morgan fingerprint density at radius 2 is 2.06 bits per heavy atom. The van der Waals surface area contributed by atoms with Crippen molar-refractivity contribution in [2.75, 3.05) is 13.2 Å². The van der Waals surface area contributed by atoms with Gasteiger partial charge in [-0.15, -0.1) is 0 Å². The second-order valence-electron chi connectivity index (χ2n) is 5.06. The van der Waals surface area contributed by atoms with E-state index in [9.17, 15) is 0 Å². The zero-order valence-electron chi connectivity index (χ0n) is 11.3. The number of ether oxygens (including phenoxy) is 1. The van der Waals surface area contributed by atoms with E-state index in [0.29, 0.717) is 12.1 Å². The molecule has 2 heteroatoms. The summed E-state index contributed by atoms with van der Waals surface area (Å²) < 4.78 is 5.59. The molecule has 16 heavy (non-hydrogen) atoms. The molecule has 0 aromatic rings. The third-order valence-electron chi connectivity index (χ3n) is 3.18. The molecular weight excluding hydrogens is 198 g/mol. The Labute approximate surface area is 100 Å². The summed E-state index contributed by atoms with van der Waals surface area (Å²) in [6, 6.07) is 0.558. The minimum atomic E-state index is 0.545. The summed E-state index contributed by atoms with van der Waals surface area (Å²) in [5.41, 5.74) is 1.41. The highest BCUT2D eigenvalue weighted by molar-refractivity contribution is 5.02. The van der Waals surface area contributed by atoms with Gasteiger partial charge in [0.25, 0.3) is 0 Å². The zero-order chi connectivity index (χ0) is 12.0. The van der Waals surface area contributed by atoms with Gasteiger partial charge >= 0.3 is 0 Å². The van der Waals surface area contributed by atoms with Crippen molar-refractivity contribution < 1.29 is 4.74 Å². The van der Waals surface area contributed by atoms with E-state index < -0.39 is 0 Å². The minimum absolute atomic E-state index is 0.545. The van der Waals surface area contributed by atoms with Crippen molar-refractivity contribution in [2.24, 2.45) is 5.92 Å². The van der Waals surface area contributed by atoms with Crippen molar-refractivity contribution in [3.05, 3.63) is 11.6 Å². The fourth-order valence-electron chi connectivity index (χ4n) is 2.47. The summed E-state index contributed by atoms with van der Waals surface area (Å²) in [5, 5.41) is 3.54. The van der Waals surface area contributed by atoms with Crippen molar-refractivity contribution in [1.29, 1.82) is 0 Å². The maximum atomic E-state index is 5.59. The molecule has 0 aromatic carbocycles. The van der Waals surface area contributed by atoms with Gasteiger partial charge in [0.05, 0.1) is 6.10 Å². The first-order valence-electron chi connectivity index (χ1n) is 6.65. The fraction of sp³-hybridized carbons (Fsp3) is 0.857. The van der Waals surface area contributed by atoms with E-state index in [1.54, 1.807) is 0 Å². The second-order valence-corrected chi connectivity index (χ2v) is 5.06. The fourth-order valence-corrected chi connectivity index (χ4v) is 2.47. The molecule has 1 aliphatic carbocycles. The molecule has 0 saturated heterocycles. The largest absolute Gasteiger partial charge is 0.378 e. The molecule has 2 nitrogen and oxygen atoms in total. The molecule has 1 aliphatic rings. The van der Waals surface area contributed by atoms with Crippen LogP contribution in [0.4, 0.5) is 0 Å². The molecule has 1 unspecified atom stereocenters. The van der Waals surface area contributed by atoms with Crippen molar-refractivity contribution in [1.82, 2.24) is 5.32 Å². The zero-order valence-corrected chi connectivity index (χ0v) is 11.3. The van der Waals surface area contributed by atoms with Gasteiger partial charge in [0, 0.05) is 12.6 Å². The minimum Gasteiger partial charge on any atom is -0.378 e. The van der Waals surface area contributed by atoms with Crippen LogP contribution >= 0.6 is 0 Å². The molecule has 1 rings (SSSR count). The van der Waals surface area contributed by atoms with Crippen molar-refractivity contribution >= 4 is 0 Å². The van der Waals surface area contributed by atoms with Crippen molar-refractivity contribution in [3.8, 4) is 0 Å². The Bertz CT molecular complexity index is 215. The van der Waals surface area contributed by atoms with Gasteiger partial charge < -0.3 is 10.1 Å². The maximum Gasteiger partial charge on any atom is 0.0580 e. The van der Waals surface area contributed by atoms with Crippen LogP contribution in [0, 0.1) is 5.92 Å². The van der Waals surface area contributed by atoms with Gasteiger partial charge in [0.15, 0.2) is 0 Å². The predicted octanol–water partition coefficient (Wildman–Crippen LogP) is 3.14. The topological polar surface area (TPSA) is 21.3 Å². The summed E-state index contributed by atoms with van der Waals surface area (Å²) in [4.78, 5) is 0. The molecule has 0 spiro atoms. The third kappa shape index (κ3) is 4.67. The van der Waals surface area contributed by atoms with E-state index in [2.05, 4.69) is 39.1 Å². The smallest absolute Gasteiger partial charge is 0.0580 e. The number of allylic oxidation sites excluding steroid dienone is 1. The molecule has 0 aromatic heterocycles. The maximum absolute atomic E-state index is 5.59. The molecule has 0 amide bonds. The first-order chi connectivity index (χ1) is 7.65. The highest BCUT2D eigenvalue weighted by Crippen LogP contribution is 2.33. The molecule has 0 bridgehead atoms. The number of rotatable bonds is 7. The van der Waals surface area contributed by atoms with E-state index in [0.717, 1.165) is 19.1 Å². The van der Waals surface area contributed by atoms with Gasteiger partial charge in [-0.25, -0.2) is 0 Å². The molecule has 1 fully saturated rings. The van der Waals surface area contributed by atoms with E-state index in [4.69, 9.17) is 4.74 Å². The SMILES string of the molecule is CCNC(C=C(C)C)CC1CC(OCC)C1. The van der Waals surface area contributed by atoms with Crippen LogP contribution in [0.1, 0.15) is 47.0 Å². The molecule has 94 valence electrons. The van der Waals surface area contributed by atoms with Crippen LogP contribution in [0.3, 0.4) is 0 Å². The lowest BCUT2D eigenvalue weighted by atomic mass is 9.78. The number of nitrogens with one attached hydrogen (secondary N) is 1. The standard InChI is InChI=1S/C14H27NO/c1-5-15-13(7-11(3)4)8-12-9-14(10-12)16-6-2/h7,12-15H,5-6,8-10H2,1-4H3. The van der Waals surface area contributed by atoms with Crippen LogP contribution in [0.5, 0.6) is 0 Å². The molecule has 0 aliphatic heterocycles. The van der Waals surface area contributed by atoms with Gasteiger partial charge in [0.2, 0.25) is 0 Å². The summed E-state index contributed by atoms with van der Waals surface area (Å²) in [5.74, 6) is 0.858. The monoisotopic (exact) mass is 225 g/mol. The van der Waals surface area contributed by atoms with Crippen LogP contribution in [0.2, 0.25) is 0 Å². The average Bonchev–Trinajstić information content (AvgIpc) is 2.14. The van der Waals surface area contributed by atoms with Gasteiger partial charge in [0.1, 0.15) is 0 Å². The molecular formula is C14H27NO. The second kappa shape index (κ2) is 7.08. The molecule has 0 heterocycles. The lowest BCUT2D eigenvalue weighted by molar-refractivity contribution is -0.0278.